The summed E-state index contributed by atoms with van der Waals surface area (Å²) < 4.78 is 0. The van der Waals surface area contributed by atoms with Gasteiger partial charge in [0.1, 0.15) is 0 Å². The summed E-state index contributed by atoms with van der Waals surface area (Å²) in [4.78, 5) is 3.16. The van der Waals surface area contributed by atoms with Crippen LogP contribution < -0.4 is 0 Å². The molecule has 1 aromatic rings. The van der Waals surface area contributed by atoms with Gasteiger partial charge in [0, 0.05) is 12.4 Å². The molecule has 1 heteroatoms. The second kappa shape index (κ2) is 6.69. The smallest absolute Gasteiger partial charge is 0.00400 e. The van der Waals surface area contributed by atoms with E-state index in [-0.39, 0.29) is 0 Å². The van der Waals surface area contributed by atoms with E-state index in [1.807, 2.05) is 0 Å². The fraction of sp³-hybridized carbons (Fsp3) is 0.692. The van der Waals surface area contributed by atoms with Gasteiger partial charge in [0.15, 0.2) is 0 Å². The molecular formula is C13H23N. The Balaban J connectivity index is 2.02. The van der Waals surface area contributed by atoms with Crippen molar-refractivity contribution in [2.45, 2.75) is 58.8 Å². The predicted octanol–water partition coefficient (Wildman–Crippen LogP) is 4.23. The number of nitrogens with one attached hydrogen (secondary N) is 1. The van der Waals surface area contributed by atoms with Crippen molar-refractivity contribution in [3.8, 4) is 0 Å². The van der Waals surface area contributed by atoms with Gasteiger partial charge in [-0.3, -0.25) is 0 Å². The van der Waals surface area contributed by atoms with E-state index in [0.717, 1.165) is 0 Å². The first-order chi connectivity index (χ1) is 6.84. The van der Waals surface area contributed by atoms with Crippen LogP contribution in [0.3, 0.4) is 0 Å². The van der Waals surface area contributed by atoms with Crippen molar-refractivity contribution in [2.75, 3.05) is 0 Å². The van der Waals surface area contributed by atoms with E-state index < -0.39 is 0 Å². The lowest BCUT2D eigenvalue weighted by molar-refractivity contribution is 0.607. The fourth-order valence-electron chi connectivity index (χ4n) is 1.84. The molecular weight excluding hydrogens is 170 g/mol. The van der Waals surface area contributed by atoms with Crippen LogP contribution in [0, 0.1) is 6.92 Å². The molecule has 0 atom stereocenters. The van der Waals surface area contributed by atoms with E-state index in [4.69, 9.17) is 0 Å². The van der Waals surface area contributed by atoms with Gasteiger partial charge in [-0.15, -0.1) is 0 Å². The third kappa shape index (κ3) is 3.99. The molecule has 1 heterocycles. The van der Waals surface area contributed by atoms with Gasteiger partial charge in [0.2, 0.25) is 0 Å². The molecule has 1 nitrogen and oxygen atoms in total. The van der Waals surface area contributed by atoms with Crippen LogP contribution in [-0.4, -0.2) is 4.98 Å². The van der Waals surface area contributed by atoms with Crippen LogP contribution in [0.15, 0.2) is 12.4 Å². The number of aromatic nitrogens is 1. The Hall–Kier alpha value is -0.720. The minimum Gasteiger partial charge on any atom is -0.367 e. The average Bonchev–Trinajstić information content (AvgIpc) is 2.58. The van der Waals surface area contributed by atoms with Crippen molar-refractivity contribution in [2.24, 2.45) is 0 Å². The van der Waals surface area contributed by atoms with Crippen molar-refractivity contribution in [3.63, 3.8) is 0 Å². The first kappa shape index (κ1) is 11.4. The number of hydrogen-bond donors (Lipinski definition) is 1. The number of H-pyrrole nitrogens is 1. The quantitative estimate of drug-likeness (QED) is 0.624. The minimum absolute atomic E-state index is 1.25. The third-order valence-electron chi connectivity index (χ3n) is 2.86. The maximum Gasteiger partial charge on any atom is 0.00400 e. The standard InChI is InChI=1S/C13H23N/c1-3-4-5-6-7-8-9-13-11-14-10-12(13)2/h10-11,14H,3-9H2,1-2H3. The van der Waals surface area contributed by atoms with Gasteiger partial charge >= 0.3 is 0 Å². The SMILES string of the molecule is CCCCCCCCc1c[nH]cc1C. The van der Waals surface area contributed by atoms with Crippen LogP contribution in [0.2, 0.25) is 0 Å². The van der Waals surface area contributed by atoms with Gasteiger partial charge in [-0.2, -0.15) is 0 Å². The van der Waals surface area contributed by atoms with Gasteiger partial charge < -0.3 is 4.98 Å². The molecule has 0 aliphatic carbocycles. The number of hydrogen-bond acceptors (Lipinski definition) is 0. The lowest BCUT2D eigenvalue weighted by Crippen LogP contribution is -1.86. The molecule has 0 aromatic carbocycles. The molecule has 0 bridgehead atoms. The van der Waals surface area contributed by atoms with Crippen molar-refractivity contribution in [1.29, 1.82) is 0 Å². The van der Waals surface area contributed by atoms with Crippen LogP contribution in [0.5, 0.6) is 0 Å². The predicted molar refractivity (Wildman–Crippen MR) is 62.6 cm³/mol. The molecule has 1 rings (SSSR count). The highest BCUT2D eigenvalue weighted by Crippen LogP contribution is 2.12. The van der Waals surface area contributed by atoms with Crippen LogP contribution in [0.25, 0.3) is 0 Å². The van der Waals surface area contributed by atoms with Crippen LogP contribution >= 0.6 is 0 Å². The molecule has 0 aliphatic heterocycles. The van der Waals surface area contributed by atoms with Crippen LogP contribution in [0.4, 0.5) is 0 Å². The van der Waals surface area contributed by atoms with Gasteiger partial charge in [0.05, 0.1) is 0 Å². The molecule has 0 saturated heterocycles. The summed E-state index contributed by atoms with van der Waals surface area (Å²) in [6, 6.07) is 0. The average molecular weight is 193 g/mol. The van der Waals surface area contributed by atoms with Gasteiger partial charge in [-0.25, -0.2) is 0 Å². The molecule has 1 N–H and O–H groups in total. The Morgan fingerprint density at radius 2 is 1.71 bits per heavy atom. The summed E-state index contributed by atoms with van der Waals surface area (Å²) in [5.41, 5.74) is 2.92. The number of aryl methyl sites for hydroxylation is 2. The van der Waals surface area contributed by atoms with E-state index in [9.17, 15) is 0 Å². The summed E-state index contributed by atoms with van der Waals surface area (Å²) in [6.07, 6.45) is 13.8. The first-order valence-electron chi connectivity index (χ1n) is 5.97. The molecule has 0 aliphatic rings. The van der Waals surface area contributed by atoms with Crippen molar-refractivity contribution >= 4 is 0 Å². The van der Waals surface area contributed by atoms with Crippen molar-refractivity contribution in [3.05, 3.63) is 23.5 Å². The molecule has 0 unspecified atom stereocenters. The molecule has 14 heavy (non-hydrogen) atoms. The number of aromatic amines is 1. The minimum atomic E-state index is 1.25. The third-order valence-corrected chi connectivity index (χ3v) is 2.86. The normalized spacial score (nSPS) is 10.7. The molecule has 0 radical (unpaired) electrons. The zero-order valence-electron chi connectivity index (χ0n) is 9.60. The van der Waals surface area contributed by atoms with Crippen LogP contribution in [-0.2, 0) is 6.42 Å². The first-order valence-corrected chi connectivity index (χ1v) is 5.97. The summed E-state index contributed by atoms with van der Waals surface area (Å²) in [5, 5.41) is 0. The maximum absolute atomic E-state index is 3.16. The van der Waals surface area contributed by atoms with Gasteiger partial charge in [-0.1, -0.05) is 39.0 Å². The van der Waals surface area contributed by atoms with Gasteiger partial charge in [-0.05, 0) is 30.9 Å². The Bertz CT molecular complexity index is 237. The maximum atomic E-state index is 3.16. The van der Waals surface area contributed by atoms with Crippen molar-refractivity contribution in [1.82, 2.24) is 4.98 Å². The van der Waals surface area contributed by atoms with E-state index in [2.05, 4.69) is 31.2 Å². The fourth-order valence-corrected chi connectivity index (χ4v) is 1.84. The largest absolute Gasteiger partial charge is 0.367 e. The second-order valence-electron chi connectivity index (χ2n) is 4.18. The zero-order valence-corrected chi connectivity index (χ0v) is 9.60. The molecule has 80 valence electrons. The van der Waals surface area contributed by atoms with E-state index in [1.54, 1.807) is 0 Å². The Morgan fingerprint density at radius 3 is 2.36 bits per heavy atom. The molecule has 0 spiro atoms. The number of unbranched alkanes of at least 4 members (excludes halogenated alkanes) is 5. The van der Waals surface area contributed by atoms with Crippen molar-refractivity contribution < 1.29 is 0 Å². The lowest BCUT2D eigenvalue weighted by atomic mass is 10.1. The van der Waals surface area contributed by atoms with E-state index in [1.165, 1.54) is 56.1 Å². The lowest BCUT2D eigenvalue weighted by Gasteiger charge is -2.00. The number of rotatable bonds is 7. The highest BCUT2D eigenvalue weighted by molar-refractivity contribution is 5.21. The summed E-state index contributed by atoms with van der Waals surface area (Å²) in [6.45, 7) is 4.45. The molecule has 1 aromatic heterocycles. The molecule has 0 saturated carbocycles. The van der Waals surface area contributed by atoms with E-state index in [0.29, 0.717) is 0 Å². The summed E-state index contributed by atoms with van der Waals surface area (Å²) in [7, 11) is 0. The Kier molecular flexibility index (Phi) is 5.43. The summed E-state index contributed by atoms with van der Waals surface area (Å²) >= 11 is 0. The highest BCUT2D eigenvalue weighted by atomic mass is 14.6. The summed E-state index contributed by atoms with van der Waals surface area (Å²) in [5.74, 6) is 0. The topological polar surface area (TPSA) is 15.8 Å². The molecule has 0 fully saturated rings. The van der Waals surface area contributed by atoms with Gasteiger partial charge in [0.25, 0.3) is 0 Å². The highest BCUT2D eigenvalue weighted by Gasteiger charge is 1.98. The Morgan fingerprint density at radius 1 is 1.00 bits per heavy atom. The zero-order chi connectivity index (χ0) is 10.2. The van der Waals surface area contributed by atoms with Crippen LogP contribution in [0.1, 0.15) is 56.6 Å². The second-order valence-corrected chi connectivity index (χ2v) is 4.18. The molecule has 0 amide bonds. The monoisotopic (exact) mass is 193 g/mol. The Labute approximate surface area is 87.9 Å². The van der Waals surface area contributed by atoms with E-state index >= 15 is 0 Å².